The van der Waals surface area contributed by atoms with E-state index in [1.165, 1.54) is 16.7 Å². The quantitative estimate of drug-likeness (QED) is 0.343. The molecule has 20 heavy (non-hydrogen) atoms. The maximum absolute atomic E-state index is 12.0. The topological polar surface area (TPSA) is 78.9 Å². The number of hydrogen-bond donors (Lipinski definition) is 2. The van der Waals surface area contributed by atoms with Crippen LogP contribution in [0.1, 0.15) is 6.92 Å². The van der Waals surface area contributed by atoms with Gasteiger partial charge in [0.2, 0.25) is 3.79 Å². The lowest BCUT2D eigenvalue weighted by Gasteiger charge is -2.48. The van der Waals surface area contributed by atoms with Crippen LogP contribution < -0.4 is 5.48 Å². The van der Waals surface area contributed by atoms with Crippen LogP contribution in [0.25, 0.3) is 0 Å². The summed E-state index contributed by atoms with van der Waals surface area (Å²) in [6.45, 7) is 1.32. The summed E-state index contributed by atoms with van der Waals surface area (Å²) in [5.41, 5.74) is 2.78. The van der Waals surface area contributed by atoms with Gasteiger partial charge in [0.25, 0.3) is 5.91 Å². The molecule has 0 unspecified atom stereocenters. The molecule has 0 aliphatic carbocycles. The molecule has 2 aliphatic rings. The van der Waals surface area contributed by atoms with Crippen molar-refractivity contribution in [2.45, 2.75) is 22.1 Å². The number of hydroxylamine groups is 1. The van der Waals surface area contributed by atoms with Crippen molar-refractivity contribution >= 4 is 58.4 Å². The molecule has 1 amide bonds. The van der Waals surface area contributed by atoms with Crippen molar-refractivity contribution in [3.8, 4) is 0 Å². The molecule has 6 nitrogen and oxygen atoms in total. The van der Waals surface area contributed by atoms with E-state index >= 15 is 0 Å². The Kier molecular flexibility index (Phi) is 4.78. The highest BCUT2D eigenvalue weighted by molar-refractivity contribution is 8.00. The van der Waals surface area contributed by atoms with Gasteiger partial charge in [-0.05, 0) is 12.5 Å². The van der Waals surface area contributed by atoms with Crippen LogP contribution in [0.3, 0.4) is 0 Å². The second-order valence-electron chi connectivity index (χ2n) is 4.34. The van der Waals surface area contributed by atoms with Crippen LogP contribution in [-0.2, 0) is 14.3 Å². The maximum Gasteiger partial charge on any atom is 0.355 e. The first-order valence-electron chi connectivity index (χ1n) is 5.54. The number of β-lactam (4-membered cyclic amide) rings is 1. The van der Waals surface area contributed by atoms with Gasteiger partial charge in [0.1, 0.15) is 23.7 Å². The first kappa shape index (κ1) is 16.2. The van der Waals surface area contributed by atoms with E-state index in [9.17, 15) is 9.59 Å². The minimum absolute atomic E-state index is 0.152. The normalized spacial score (nSPS) is 26.2. The number of thioether (sulfide) groups is 1. The number of rotatable bonds is 3. The molecule has 0 aromatic carbocycles. The molecule has 0 spiro atoms. The summed E-state index contributed by atoms with van der Waals surface area (Å²) >= 11 is 18.0. The Morgan fingerprint density at radius 3 is 2.80 bits per heavy atom. The lowest BCUT2D eigenvalue weighted by Crippen LogP contribution is -2.69. The van der Waals surface area contributed by atoms with Crippen LogP contribution in [-0.4, -0.2) is 49.6 Å². The average molecular weight is 362 g/mol. The van der Waals surface area contributed by atoms with Crippen molar-refractivity contribution in [2.24, 2.45) is 0 Å². The monoisotopic (exact) mass is 360 g/mol. The largest absolute Gasteiger partial charge is 0.456 e. The van der Waals surface area contributed by atoms with Crippen LogP contribution in [0.4, 0.5) is 0 Å². The molecular formula is C10H11Cl3N2O4S. The molecule has 0 saturated carbocycles. The van der Waals surface area contributed by atoms with E-state index in [1.54, 1.807) is 6.92 Å². The fourth-order valence-corrected chi connectivity index (χ4v) is 3.41. The molecule has 0 radical (unpaired) electrons. The summed E-state index contributed by atoms with van der Waals surface area (Å²) in [6.07, 6.45) is 0. The third-order valence-corrected chi connectivity index (χ3v) is 4.61. The average Bonchev–Trinajstić information content (AvgIpc) is 2.36. The first-order valence-corrected chi connectivity index (χ1v) is 7.72. The maximum atomic E-state index is 12.0. The molecule has 0 bridgehead atoms. The Hall–Kier alpha value is -0.180. The number of carbonyl (C=O) groups is 2. The molecule has 2 atom stereocenters. The smallest absolute Gasteiger partial charge is 0.355 e. The molecule has 0 aromatic rings. The fourth-order valence-electron chi connectivity index (χ4n) is 1.96. The van der Waals surface area contributed by atoms with Crippen LogP contribution >= 0.6 is 46.6 Å². The van der Waals surface area contributed by atoms with Crippen LogP contribution in [0.2, 0.25) is 0 Å². The lowest BCUT2D eigenvalue weighted by molar-refractivity contribution is -0.155. The lowest BCUT2D eigenvalue weighted by atomic mass is 10.0. The third kappa shape index (κ3) is 3.03. The zero-order valence-electron chi connectivity index (χ0n) is 10.2. The van der Waals surface area contributed by atoms with Crippen molar-refractivity contribution in [2.75, 3.05) is 12.4 Å². The number of amides is 1. The number of fused-ring (bicyclic) bond motifs is 1. The van der Waals surface area contributed by atoms with E-state index in [0.29, 0.717) is 11.3 Å². The number of hydrogen-bond acceptors (Lipinski definition) is 6. The van der Waals surface area contributed by atoms with Gasteiger partial charge in [-0.3, -0.25) is 9.69 Å². The zero-order valence-corrected chi connectivity index (χ0v) is 13.3. The van der Waals surface area contributed by atoms with Gasteiger partial charge in [0.15, 0.2) is 0 Å². The number of halogens is 3. The molecule has 1 saturated heterocycles. The highest BCUT2D eigenvalue weighted by atomic mass is 35.6. The van der Waals surface area contributed by atoms with Crippen LogP contribution in [0.15, 0.2) is 11.3 Å². The van der Waals surface area contributed by atoms with E-state index in [2.05, 4.69) is 0 Å². The Balaban J connectivity index is 2.13. The first-order chi connectivity index (χ1) is 9.26. The van der Waals surface area contributed by atoms with Crippen molar-refractivity contribution in [3.05, 3.63) is 11.3 Å². The Labute approximate surface area is 134 Å². The van der Waals surface area contributed by atoms with Crippen LogP contribution in [0, 0.1) is 0 Å². The number of nitrogens with one attached hydrogen (secondary N) is 1. The molecule has 0 aromatic heterocycles. The summed E-state index contributed by atoms with van der Waals surface area (Å²) in [5.74, 6) is -0.570. The third-order valence-electron chi connectivity index (χ3n) is 2.86. The summed E-state index contributed by atoms with van der Waals surface area (Å²) in [7, 11) is 0. The van der Waals surface area contributed by atoms with E-state index in [4.69, 9.17) is 44.7 Å². The summed E-state index contributed by atoms with van der Waals surface area (Å²) in [5, 5.41) is 8.56. The predicted octanol–water partition coefficient (Wildman–Crippen LogP) is 1.44. The molecule has 112 valence electrons. The van der Waals surface area contributed by atoms with E-state index in [-0.39, 0.29) is 11.1 Å². The molecule has 2 aliphatic heterocycles. The number of carbonyl (C=O) groups excluding carboxylic acids is 2. The fraction of sp³-hybridized carbons (Fsp3) is 0.600. The standard InChI is InChI=1S/C10H11Cl3N2O4S/c1-4-2-20-8-5(14-18)7(16)15(8)6(4)9(17)19-3-10(11,12)13/h5,8,14,18H,2-3H2,1H3/t5-,8-/m1/s1. The Morgan fingerprint density at radius 1 is 1.60 bits per heavy atom. The molecule has 10 heteroatoms. The highest BCUT2D eigenvalue weighted by Crippen LogP contribution is 2.40. The van der Waals surface area contributed by atoms with E-state index in [1.807, 2.05) is 5.48 Å². The molecule has 2 heterocycles. The SMILES string of the molecule is CC1=C(C(=O)OCC(Cl)(Cl)Cl)N2C(=O)[C@@H](NO)[C@H]2SC1. The Bertz CT molecular complexity index is 480. The van der Waals surface area contributed by atoms with Crippen molar-refractivity contribution in [1.29, 1.82) is 0 Å². The van der Waals surface area contributed by atoms with E-state index < -0.39 is 28.3 Å². The van der Waals surface area contributed by atoms with Crippen LogP contribution in [0.5, 0.6) is 0 Å². The molecule has 2 rings (SSSR count). The van der Waals surface area contributed by atoms with Gasteiger partial charge in [-0.2, -0.15) is 5.48 Å². The van der Waals surface area contributed by atoms with Crippen molar-refractivity contribution in [3.63, 3.8) is 0 Å². The summed E-state index contributed by atoms with van der Waals surface area (Å²) in [4.78, 5) is 25.2. The second kappa shape index (κ2) is 5.90. The van der Waals surface area contributed by atoms with Crippen molar-refractivity contribution < 1.29 is 19.5 Å². The van der Waals surface area contributed by atoms with Gasteiger partial charge in [0, 0.05) is 5.75 Å². The van der Waals surface area contributed by atoms with Crippen molar-refractivity contribution in [1.82, 2.24) is 10.4 Å². The van der Waals surface area contributed by atoms with Gasteiger partial charge < -0.3 is 9.94 Å². The van der Waals surface area contributed by atoms with Gasteiger partial charge in [-0.1, -0.05) is 34.8 Å². The second-order valence-corrected chi connectivity index (χ2v) is 7.96. The number of esters is 1. The molecular weight excluding hydrogens is 351 g/mol. The van der Waals surface area contributed by atoms with Gasteiger partial charge >= 0.3 is 5.97 Å². The Morgan fingerprint density at radius 2 is 2.25 bits per heavy atom. The van der Waals surface area contributed by atoms with Gasteiger partial charge in [0.05, 0.1) is 0 Å². The predicted molar refractivity (Wildman–Crippen MR) is 75.8 cm³/mol. The van der Waals surface area contributed by atoms with Gasteiger partial charge in [-0.25, -0.2) is 4.79 Å². The number of nitrogens with zero attached hydrogens (tertiary/aromatic N) is 1. The number of ether oxygens (including phenoxy) is 1. The summed E-state index contributed by atoms with van der Waals surface area (Å²) in [6, 6.07) is -0.718. The molecule has 2 N–H and O–H groups in total. The molecule has 1 fully saturated rings. The number of alkyl halides is 3. The highest BCUT2D eigenvalue weighted by Gasteiger charge is 2.53. The zero-order chi connectivity index (χ0) is 15.1. The summed E-state index contributed by atoms with van der Waals surface area (Å²) < 4.78 is 3.20. The van der Waals surface area contributed by atoms with E-state index in [0.717, 1.165) is 0 Å². The minimum Gasteiger partial charge on any atom is -0.456 e. The van der Waals surface area contributed by atoms with Gasteiger partial charge in [-0.15, -0.1) is 11.8 Å². The minimum atomic E-state index is -1.71.